The van der Waals surface area contributed by atoms with Crippen molar-refractivity contribution in [3.05, 3.63) is 27.6 Å². The fraction of sp³-hybridized carbons (Fsp3) is 0.455. The third-order valence-corrected chi connectivity index (χ3v) is 3.65. The minimum Gasteiger partial charge on any atom is -0.394 e. The van der Waals surface area contributed by atoms with Crippen LogP contribution in [0.15, 0.2) is 16.2 Å². The van der Waals surface area contributed by atoms with Crippen molar-refractivity contribution in [2.24, 2.45) is 0 Å². The summed E-state index contributed by atoms with van der Waals surface area (Å²) in [5.74, 6) is 0.485. The maximum Gasteiger partial charge on any atom is 0.268 e. The van der Waals surface area contributed by atoms with Crippen LogP contribution in [0.2, 0.25) is 0 Å². The number of aliphatic hydroxyl groups is 2. The molecule has 0 aliphatic heterocycles. The van der Waals surface area contributed by atoms with Crippen molar-refractivity contribution in [3.63, 3.8) is 0 Å². The Balaban J connectivity index is 2.20. The van der Waals surface area contributed by atoms with Crippen LogP contribution >= 0.6 is 11.3 Å². The largest absolute Gasteiger partial charge is 0.394 e. The van der Waals surface area contributed by atoms with Crippen LogP contribution in [0.25, 0.3) is 10.2 Å². The highest BCUT2D eigenvalue weighted by molar-refractivity contribution is 7.17. The summed E-state index contributed by atoms with van der Waals surface area (Å²) in [5, 5.41) is 23.1. The normalized spacial score (nSPS) is 12.2. The topological polar surface area (TPSA) is 98.2 Å². The molecule has 6 nitrogen and oxygen atoms in total. The molecule has 0 saturated heterocycles. The Morgan fingerprint density at radius 2 is 2.22 bits per heavy atom. The molecule has 0 saturated carbocycles. The van der Waals surface area contributed by atoms with E-state index in [1.54, 1.807) is 13.0 Å². The Morgan fingerprint density at radius 1 is 1.50 bits per heavy atom. The molecule has 0 fully saturated rings. The average molecular weight is 269 g/mol. The summed E-state index contributed by atoms with van der Waals surface area (Å²) in [6.07, 6.45) is 0. The molecule has 0 amide bonds. The minimum absolute atomic E-state index is 0.165. The van der Waals surface area contributed by atoms with Gasteiger partial charge in [0, 0.05) is 0 Å². The van der Waals surface area contributed by atoms with Crippen LogP contribution in [0.5, 0.6) is 0 Å². The van der Waals surface area contributed by atoms with Gasteiger partial charge in [-0.05, 0) is 18.4 Å². The number of aromatic amines is 1. The maximum absolute atomic E-state index is 11.7. The molecule has 0 aliphatic rings. The molecule has 0 bridgehead atoms. The molecule has 4 N–H and O–H groups in total. The van der Waals surface area contributed by atoms with Gasteiger partial charge in [-0.3, -0.25) is 4.79 Å². The van der Waals surface area contributed by atoms with Gasteiger partial charge in [-0.25, -0.2) is 4.98 Å². The Morgan fingerprint density at radius 3 is 2.89 bits per heavy atom. The summed E-state index contributed by atoms with van der Waals surface area (Å²) < 4.78 is 0.603. The van der Waals surface area contributed by atoms with Gasteiger partial charge in [-0.1, -0.05) is 0 Å². The van der Waals surface area contributed by atoms with E-state index in [2.05, 4.69) is 15.3 Å². The monoisotopic (exact) mass is 269 g/mol. The van der Waals surface area contributed by atoms with Gasteiger partial charge in [0.05, 0.1) is 30.8 Å². The van der Waals surface area contributed by atoms with Crippen molar-refractivity contribution >= 4 is 21.6 Å². The van der Waals surface area contributed by atoms with E-state index in [-0.39, 0.29) is 25.3 Å². The van der Waals surface area contributed by atoms with Crippen molar-refractivity contribution in [3.8, 4) is 0 Å². The van der Waals surface area contributed by atoms with E-state index in [9.17, 15) is 4.79 Å². The average Bonchev–Trinajstić information content (AvgIpc) is 2.85. The number of rotatable bonds is 5. The van der Waals surface area contributed by atoms with Crippen molar-refractivity contribution in [2.75, 3.05) is 13.2 Å². The van der Waals surface area contributed by atoms with E-state index in [1.807, 2.05) is 5.38 Å². The van der Waals surface area contributed by atoms with Gasteiger partial charge in [0.2, 0.25) is 0 Å². The molecule has 0 aliphatic carbocycles. The lowest BCUT2D eigenvalue weighted by atomic mass is 10.1. The van der Waals surface area contributed by atoms with E-state index in [1.165, 1.54) is 11.3 Å². The Kier molecular flexibility index (Phi) is 3.76. The van der Waals surface area contributed by atoms with E-state index in [0.29, 0.717) is 16.0 Å². The lowest BCUT2D eigenvalue weighted by molar-refractivity contribution is 0.102. The van der Waals surface area contributed by atoms with E-state index >= 15 is 0 Å². The molecule has 0 unspecified atom stereocenters. The van der Waals surface area contributed by atoms with Crippen molar-refractivity contribution < 1.29 is 10.2 Å². The number of hydrogen-bond donors (Lipinski definition) is 4. The number of nitrogens with one attached hydrogen (secondary N) is 2. The van der Waals surface area contributed by atoms with Crippen LogP contribution in [0, 0.1) is 0 Å². The molecule has 0 radical (unpaired) electrons. The minimum atomic E-state index is -0.790. The third kappa shape index (κ3) is 2.59. The van der Waals surface area contributed by atoms with Crippen LogP contribution in [0.4, 0.5) is 0 Å². The van der Waals surface area contributed by atoms with Gasteiger partial charge < -0.3 is 20.5 Å². The number of aromatic nitrogens is 2. The second-order valence-electron chi connectivity index (χ2n) is 4.38. The summed E-state index contributed by atoms with van der Waals surface area (Å²) in [6.45, 7) is 1.57. The van der Waals surface area contributed by atoms with Gasteiger partial charge >= 0.3 is 0 Å². The number of hydrogen-bond acceptors (Lipinski definition) is 6. The summed E-state index contributed by atoms with van der Waals surface area (Å²) in [7, 11) is 0. The van der Waals surface area contributed by atoms with Gasteiger partial charge in [0.15, 0.2) is 0 Å². The molecule has 0 spiro atoms. The molecule has 18 heavy (non-hydrogen) atoms. The number of H-pyrrole nitrogens is 1. The summed E-state index contributed by atoms with van der Waals surface area (Å²) in [5.41, 5.74) is -0.293. The molecule has 0 atom stereocenters. The second-order valence-corrected chi connectivity index (χ2v) is 5.29. The number of nitrogens with zero attached hydrogens (tertiary/aromatic N) is 1. The maximum atomic E-state index is 11.7. The highest BCUT2D eigenvalue weighted by Gasteiger charge is 2.21. The van der Waals surface area contributed by atoms with Crippen molar-refractivity contribution in [1.82, 2.24) is 15.3 Å². The van der Waals surface area contributed by atoms with Crippen molar-refractivity contribution in [1.29, 1.82) is 0 Å². The lowest BCUT2D eigenvalue weighted by Crippen LogP contribution is -2.48. The molecular formula is C11H15N3O3S. The quantitative estimate of drug-likeness (QED) is 0.603. The van der Waals surface area contributed by atoms with Gasteiger partial charge in [-0.2, -0.15) is 0 Å². The predicted molar refractivity (Wildman–Crippen MR) is 69.7 cm³/mol. The number of fused-ring (bicyclic) bond motifs is 1. The third-order valence-electron chi connectivity index (χ3n) is 2.74. The first kappa shape index (κ1) is 13.2. The summed E-state index contributed by atoms with van der Waals surface area (Å²) in [4.78, 5) is 18.7. The Labute approximate surface area is 107 Å². The lowest BCUT2D eigenvalue weighted by Gasteiger charge is -2.25. The van der Waals surface area contributed by atoms with E-state index < -0.39 is 5.54 Å². The number of aliphatic hydroxyl groups excluding tert-OH is 2. The first-order chi connectivity index (χ1) is 8.58. The first-order valence-corrected chi connectivity index (χ1v) is 6.39. The fourth-order valence-corrected chi connectivity index (χ4v) is 2.19. The van der Waals surface area contributed by atoms with Crippen LogP contribution in [-0.4, -0.2) is 38.9 Å². The first-order valence-electron chi connectivity index (χ1n) is 5.51. The Hall–Kier alpha value is -1.28. The predicted octanol–water partition coefficient (Wildman–Crippen LogP) is -0.183. The zero-order valence-electron chi connectivity index (χ0n) is 9.93. The van der Waals surface area contributed by atoms with Crippen LogP contribution in [-0.2, 0) is 6.54 Å². The molecule has 7 heteroatoms. The zero-order valence-corrected chi connectivity index (χ0v) is 10.8. The van der Waals surface area contributed by atoms with Gasteiger partial charge in [-0.15, -0.1) is 11.3 Å². The highest BCUT2D eigenvalue weighted by Crippen LogP contribution is 2.13. The number of thiophene rings is 1. The van der Waals surface area contributed by atoms with E-state index in [0.717, 1.165) is 0 Å². The smallest absolute Gasteiger partial charge is 0.268 e. The Bertz CT molecular complexity index is 588. The second kappa shape index (κ2) is 5.15. The molecule has 2 heterocycles. The summed E-state index contributed by atoms with van der Waals surface area (Å²) >= 11 is 1.35. The summed E-state index contributed by atoms with van der Waals surface area (Å²) in [6, 6.07) is 1.79. The molecule has 2 aromatic rings. The van der Waals surface area contributed by atoms with Crippen molar-refractivity contribution in [2.45, 2.75) is 19.0 Å². The van der Waals surface area contributed by atoms with Gasteiger partial charge in [0.1, 0.15) is 10.5 Å². The molecule has 2 rings (SSSR count). The molecule has 2 aromatic heterocycles. The van der Waals surface area contributed by atoms with Crippen LogP contribution in [0.1, 0.15) is 12.7 Å². The van der Waals surface area contributed by atoms with E-state index in [4.69, 9.17) is 10.2 Å². The van der Waals surface area contributed by atoms with Gasteiger partial charge in [0.25, 0.3) is 5.56 Å². The molecule has 0 aromatic carbocycles. The fourth-order valence-electron chi connectivity index (χ4n) is 1.46. The standard InChI is InChI=1S/C11H15N3O3S/c1-11(5-15,6-16)12-4-8-13-7-2-3-18-9(7)10(17)14-8/h2-3,12,15-16H,4-6H2,1H3,(H,13,14,17). The SMILES string of the molecule is CC(CO)(CO)NCc1nc2ccsc2c(=O)[nH]1. The zero-order chi connectivity index (χ0) is 13.2. The van der Waals surface area contributed by atoms with Crippen LogP contribution < -0.4 is 10.9 Å². The van der Waals surface area contributed by atoms with Crippen LogP contribution in [0.3, 0.4) is 0 Å². The highest BCUT2D eigenvalue weighted by atomic mass is 32.1. The molecule has 98 valence electrons. The molecular weight excluding hydrogens is 254 g/mol.